The third-order valence-electron chi connectivity index (χ3n) is 0.287. The Morgan fingerprint density at radius 1 is 2.00 bits per heavy atom. The molecule has 4 N–H and O–H groups in total. The molecule has 0 aromatic rings. The van der Waals surface area contributed by atoms with E-state index in [1.165, 1.54) is 0 Å². The Morgan fingerprint density at radius 2 is 2.43 bits per heavy atom. The van der Waals surface area contributed by atoms with Gasteiger partial charge in [-0.05, 0) is 6.92 Å². The van der Waals surface area contributed by atoms with Gasteiger partial charge in [-0.1, -0.05) is 0 Å². The Labute approximate surface area is 44.5 Å². The first-order valence-corrected chi connectivity index (χ1v) is 2.86. The molecule has 0 bridgehead atoms. The van der Waals surface area contributed by atoms with Gasteiger partial charge in [-0.3, -0.25) is 4.55 Å². The van der Waals surface area contributed by atoms with Crippen molar-refractivity contribution in [2.45, 2.75) is 13.1 Å². The summed E-state index contributed by atoms with van der Waals surface area (Å²) >= 11 is -1.97. The van der Waals surface area contributed by atoms with Crippen LogP contribution < -0.4 is 10.5 Å². The molecule has 0 aromatic heterocycles. The highest BCUT2D eigenvalue weighted by Crippen LogP contribution is 1.65. The summed E-state index contributed by atoms with van der Waals surface area (Å²) in [5.74, 6) is 0. The quantitative estimate of drug-likeness (QED) is 0.327. The number of hydrogen-bond donors (Lipinski definition) is 3. The monoisotopic (exact) mass is 124 g/mol. The van der Waals surface area contributed by atoms with Crippen molar-refractivity contribution in [2.24, 2.45) is 5.73 Å². The van der Waals surface area contributed by atoms with Gasteiger partial charge in [0.05, 0.1) is 6.17 Å². The predicted octanol–water partition coefficient (Wildman–Crippen LogP) is -0.983. The van der Waals surface area contributed by atoms with Gasteiger partial charge >= 0.3 is 0 Å². The second-order valence-corrected chi connectivity index (χ2v) is 1.89. The van der Waals surface area contributed by atoms with Gasteiger partial charge in [0.1, 0.15) is 0 Å². The van der Waals surface area contributed by atoms with Crippen LogP contribution in [0.2, 0.25) is 0 Å². The van der Waals surface area contributed by atoms with E-state index in [-0.39, 0.29) is 0 Å². The van der Waals surface area contributed by atoms with Crippen molar-refractivity contribution in [1.82, 2.24) is 4.72 Å². The number of nitrogens with one attached hydrogen (secondary N) is 1. The molecule has 0 rings (SSSR count). The lowest BCUT2D eigenvalue weighted by Gasteiger charge is -1.99. The zero-order chi connectivity index (χ0) is 5.86. The molecule has 4 nitrogen and oxygen atoms in total. The van der Waals surface area contributed by atoms with E-state index in [2.05, 4.69) is 4.72 Å². The minimum Gasteiger partial charge on any atom is -0.315 e. The van der Waals surface area contributed by atoms with Crippen LogP contribution in [0.5, 0.6) is 0 Å². The van der Waals surface area contributed by atoms with Gasteiger partial charge in [0.25, 0.3) is 0 Å². The molecule has 0 saturated carbocycles. The Bertz CT molecular complexity index is 74.1. The van der Waals surface area contributed by atoms with Crippen LogP contribution in [-0.4, -0.2) is 14.9 Å². The fraction of sp³-hybridized carbons (Fsp3) is 1.00. The lowest BCUT2D eigenvalue weighted by atomic mass is 10.7. The Morgan fingerprint density at radius 3 is 2.43 bits per heavy atom. The van der Waals surface area contributed by atoms with Gasteiger partial charge in [-0.25, -0.2) is 4.21 Å². The highest BCUT2D eigenvalue weighted by atomic mass is 32.2. The van der Waals surface area contributed by atoms with Crippen molar-refractivity contribution in [3.05, 3.63) is 0 Å². The maximum Gasteiger partial charge on any atom is 0.233 e. The van der Waals surface area contributed by atoms with Crippen molar-refractivity contribution in [3.63, 3.8) is 0 Å². The number of nitrogens with two attached hydrogens (primary N) is 1. The van der Waals surface area contributed by atoms with Gasteiger partial charge in [0.2, 0.25) is 11.3 Å². The van der Waals surface area contributed by atoms with Gasteiger partial charge in [0.15, 0.2) is 0 Å². The van der Waals surface area contributed by atoms with Crippen LogP contribution in [0.4, 0.5) is 0 Å². The van der Waals surface area contributed by atoms with Gasteiger partial charge < -0.3 is 5.73 Å². The summed E-state index contributed by atoms with van der Waals surface area (Å²) in [7, 11) is 0. The fourth-order valence-electron chi connectivity index (χ4n) is 0.159. The molecule has 0 aromatic carbocycles. The lowest BCUT2D eigenvalue weighted by Crippen LogP contribution is -2.34. The molecule has 0 aliphatic carbocycles. The molecule has 7 heavy (non-hydrogen) atoms. The van der Waals surface area contributed by atoms with Crippen LogP contribution in [0, 0.1) is 0 Å². The maximum absolute atomic E-state index is 9.73. The first-order chi connectivity index (χ1) is 3.13. The van der Waals surface area contributed by atoms with Crippen LogP contribution in [-0.2, 0) is 11.3 Å². The molecule has 0 saturated heterocycles. The van der Waals surface area contributed by atoms with Gasteiger partial charge in [0, 0.05) is 0 Å². The summed E-state index contributed by atoms with van der Waals surface area (Å²) in [5.41, 5.74) is 5.03. The van der Waals surface area contributed by atoms with E-state index in [9.17, 15) is 4.21 Å². The Balaban J connectivity index is 3.13. The van der Waals surface area contributed by atoms with Crippen LogP contribution in [0.1, 0.15) is 6.92 Å². The van der Waals surface area contributed by atoms with E-state index in [4.69, 9.17) is 10.3 Å². The van der Waals surface area contributed by atoms with E-state index >= 15 is 0 Å². The number of rotatable bonds is 2. The molecule has 44 valence electrons. The SMILES string of the molecule is CC(N)NS(=O)O. The fourth-order valence-corrected chi connectivity index (χ4v) is 0.477. The van der Waals surface area contributed by atoms with E-state index in [1.54, 1.807) is 6.92 Å². The average Bonchev–Trinajstić information content (AvgIpc) is 1.27. The van der Waals surface area contributed by atoms with E-state index < -0.39 is 17.4 Å². The zero-order valence-electron chi connectivity index (χ0n) is 3.92. The molecule has 0 heterocycles. The lowest BCUT2D eigenvalue weighted by molar-refractivity contribution is 0.535. The summed E-state index contributed by atoms with van der Waals surface area (Å²) in [6.45, 7) is 1.58. The molecule has 0 radical (unpaired) electrons. The first kappa shape index (κ1) is 7.03. The second kappa shape index (κ2) is 3.09. The third kappa shape index (κ3) is 6.03. The van der Waals surface area contributed by atoms with Crippen LogP contribution in [0.15, 0.2) is 0 Å². The Kier molecular flexibility index (Phi) is 3.10. The smallest absolute Gasteiger partial charge is 0.233 e. The topological polar surface area (TPSA) is 75.3 Å². The minimum absolute atomic E-state index is 0.425. The van der Waals surface area contributed by atoms with Crippen LogP contribution in [0.3, 0.4) is 0 Å². The molecule has 0 fully saturated rings. The average molecular weight is 124 g/mol. The first-order valence-electron chi connectivity index (χ1n) is 1.75. The van der Waals surface area contributed by atoms with Gasteiger partial charge in [-0.2, -0.15) is 4.72 Å². The van der Waals surface area contributed by atoms with E-state index in [0.717, 1.165) is 0 Å². The minimum atomic E-state index is -1.97. The van der Waals surface area contributed by atoms with E-state index in [1.807, 2.05) is 0 Å². The zero-order valence-corrected chi connectivity index (χ0v) is 4.73. The summed E-state index contributed by atoms with van der Waals surface area (Å²) in [5, 5.41) is 0. The number of hydrogen-bond acceptors (Lipinski definition) is 2. The standard InChI is InChI=1S/C2H8N2O2S/c1-2(3)4-7(5)6/h2,4H,3H2,1H3,(H,5,6). The molecular weight excluding hydrogens is 116 g/mol. The van der Waals surface area contributed by atoms with Crippen molar-refractivity contribution < 1.29 is 8.76 Å². The summed E-state index contributed by atoms with van der Waals surface area (Å²) in [6, 6.07) is 0. The third-order valence-corrected chi connectivity index (χ3v) is 0.860. The molecule has 0 aliphatic rings. The summed E-state index contributed by atoms with van der Waals surface area (Å²) in [4.78, 5) is 0. The normalized spacial score (nSPS) is 18.7. The highest BCUT2D eigenvalue weighted by Gasteiger charge is 1.92. The maximum atomic E-state index is 9.73. The molecule has 0 amide bonds. The van der Waals surface area contributed by atoms with Crippen molar-refractivity contribution >= 4 is 11.3 Å². The molecule has 5 heteroatoms. The highest BCUT2D eigenvalue weighted by molar-refractivity contribution is 7.77. The molecule has 0 spiro atoms. The molecular formula is C2H8N2O2S. The molecule has 0 aliphatic heterocycles. The predicted molar refractivity (Wildman–Crippen MR) is 27.6 cm³/mol. The summed E-state index contributed by atoms with van der Waals surface area (Å²) < 4.78 is 19.8. The molecule has 2 unspecified atom stereocenters. The van der Waals surface area contributed by atoms with Crippen molar-refractivity contribution in [1.29, 1.82) is 0 Å². The van der Waals surface area contributed by atoms with Crippen LogP contribution in [0.25, 0.3) is 0 Å². The van der Waals surface area contributed by atoms with E-state index in [0.29, 0.717) is 0 Å². The van der Waals surface area contributed by atoms with Crippen molar-refractivity contribution in [3.8, 4) is 0 Å². The Hall–Kier alpha value is 0.0300. The molecule has 2 atom stereocenters. The second-order valence-electron chi connectivity index (χ2n) is 1.16. The van der Waals surface area contributed by atoms with Crippen LogP contribution >= 0.6 is 0 Å². The van der Waals surface area contributed by atoms with Crippen molar-refractivity contribution in [2.75, 3.05) is 0 Å². The largest absolute Gasteiger partial charge is 0.315 e. The van der Waals surface area contributed by atoms with Gasteiger partial charge in [-0.15, -0.1) is 0 Å². The summed E-state index contributed by atoms with van der Waals surface area (Å²) in [6.07, 6.45) is -0.425.